The van der Waals surface area contributed by atoms with Gasteiger partial charge in [-0.15, -0.1) is 0 Å². The van der Waals surface area contributed by atoms with E-state index in [4.69, 9.17) is 25.8 Å². The summed E-state index contributed by atoms with van der Waals surface area (Å²) in [4.78, 5) is 13.7. The summed E-state index contributed by atoms with van der Waals surface area (Å²) >= 11 is 6.78. The van der Waals surface area contributed by atoms with Gasteiger partial charge in [-0.25, -0.2) is 0 Å². The lowest BCUT2D eigenvalue weighted by molar-refractivity contribution is -0.118. The molecule has 4 aromatic carbocycles. The van der Waals surface area contributed by atoms with Crippen LogP contribution in [0.25, 0.3) is 11.1 Å². The first-order valence-electron chi connectivity index (χ1n) is 16.3. The smallest absolute Gasteiger partial charge is 0.216 e. The molecule has 9 heteroatoms. The first-order valence-corrected chi connectivity index (χ1v) is 16.7. The average molecular weight is 667 g/mol. The summed E-state index contributed by atoms with van der Waals surface area (Å²) in [5, 5.41) is 15.9. The van der Waals surface area contributed by atoms with E-state index in [0.29, 0.717) is 48.3 Å². The largest absolute Gasteiger partial charge is 0.488 e. The Hall–Kier alpha value is -4.55. The van der Waals surface area contributed by atoms with Crippen LogP contribution in [0.3, 0.4) is 0 Å². The van der Waals surface area contributed by atoms with E-state index < -0.39 is 0 Å². The summed E-state index contributed by atoms with van der Waals surface area (Å²) in [6, 6.07) is 26.2. The van der Waals surface area contributed by atoms with Crippen LogP contribution in [0.15, 0.2) is 72.8 Å². The Morgan fingerprint density at radius 2 is 1.75 bits per heavy atom. The number of nitriles is 1. The van der Waals surface area contributed by atoms with Gasteiger partial charge in [-0.2, -0.15) is 5.26 Å². The van der Waals surface area contributed by atoms with Crippen LogP contribution in [0.5, 0.6) is 11.5 Å². The predicted octanol–water partition coefficient (Wildman–Crippen LogP) is 6.97. The number of ether oxygens (including phenoxy) is 3. The van der Waals surface area contributed by atoms with Crippen molar-refractivity contribution in [3.63, 3.8) is 0 Å². The maximum atomic E-state index is 11.2. The number of carbonyl (C=O) groups excluding carboxylic acids is 1. The molecule has 1 heterocycles. The summed E-state index contributed by atoms with van der Waals surface area (Å²) in [5.41, 5.74) is 9.76. The Morgan fingerprint density at radius 3 is 2.56 bits per heavy atom. The van der Waals surface area contributed by atoms with Gasteiger partial charge in [0.15, 0.2) is 0 Å². The summed E-state index contributed by atoms with van der Waals surface area (Å²) in [7, 11) is 1.75. The molecule has 0 saturated carbocycles. The van der Waals surface area contributed by atoms with Crippen LogP contribution in [0, 0.1) is 18.3 Å². The third kappa shape index (κ3) is 8.87. The number of hydrogen-bond acceptors (Lipinski definition) is 7. The number of rotatable bonds is 16. The van der Waals surface area contributed by atoms with Gasteiger partial charge in [0, 0.05) is 70.7 Å². The highest BCUT2D eigenvalue weighted by Gasteiger charge is 2.23. The van der Waals surface area contributed by atoms with Crippen molar-refractivity contribution in [2.75, 3.05) is 44.8 Å². The molecular weight excluding hydrogens is 624 g/mol. The van der Waals surface area contributed by atoms with Crippen LogP contribution in [-0.2, 0) is 35.7 Å². The molecule has 4 aromatic rings. The number of fused-ring (bicyclic) bond motifs is 1. The molecule has 0 unspecified atom stereocenters. The minimum atomic E-state index is -0.0706. The molecule has 0 radical (unpaired) electrons. The van der Waals surface area contributed by atoms with Crippen molar-refractivity contribution in [1.82, 2.24) is 10.6 Å². The quantitative estimate of drug-likeness (QED) is 0.125. The standard InChI is InChI=1S/C39H43ClN4O4/c1-27-31(10-5-11-33(27)34-12-6-13-37-35(34)14-18-44(37)17-7-19-46-3)26-48-39-22-38(47-25-30-9-4-8-29(20-30)23-41)32(21-36(39)40)24-42-15-16-43-28(2)45/h4-6,8-13,20-22,42H,7,14-19,24-26H2,1-3H3,(H,43,45). The molecule has 0 fully saturated rings. The maximum Gasteiger partial charge on any atom is 0.216 e. The van der Waals surface area contributed by atoms with Crippen molar-refractivity contribution in [1.29, 1.82) is 5.26 Å². The Kier molecular flexibility index (Phi) is 12.3. The van der Waals surface area contributed by atoms with Gasteiger partial charge in [0.05, 0.1) is 16.7 Å². The van der Waals surface area contributed by atoms with Crippen molar-refractivity contribution < 1.29 is 19.0 Å². The molecule has 1 aliphatic heterocycles. The molecule has 0 bridgehead atoms. The number of carbonyl (C=O) groups is 1. The lowest BCUT2D eigenvalue weighted by atomic mass is 9.92. The molecule has 48 heavy (non-hydrogen) atoms. The van der Waals surface area contributed by atoms with Gasteiger partial charge < -0.3 is 29.7 Å². The van der Waals surface area contributed by atoms with Crippen molar-refractivity contribution >= 4 is 23.2 Å². The van der Waals surface area contributed by atoms with Gasteiger partial charge >= 0.3 is 0 Å². The Labute approximate surface area is 288 Å². The second kappa shape index (κ2) is 17.0. The van der Waals surface area contributed by atoms with Crippen molar-refractivity contribution in [2.24, 2.45) is 0 Å². The number of halogens is 1. The molecule has 0 atom stereocenters. The van der Waals surface area contributed by atoms with Crippen LogP contribution in [0.2, 0.25) is 5.02 Å². The zero-order valence-electron chi connectivity index (χ0n) is 27.9. The van der Waals surface area contributed by atoms with Gasteiger partial charge in [-0.05, 0) is 77.4 Å². The fraction of sp³-hybridized carbons (Fsp3) is 0.333. The summed E-state index contributed by atoms with van der Waals surface area (Å²) in [5.74, 6) is 1.08. The van der Waals surface area contributed by atoms with E-state index in [1.54, 1.807) is 13.2 Å². The van der Waals surface area contributed by atoms with E-state index in [-0.39, 0.29) is 12.5 Å². The number of amides is 1. The molecular formula is C39H43ClN4O4. The Balaban J connectivity index is 1.34. The van der Waals surface area contributed by atoms with E-state index in [9.17, 15) is 10.1 Å². The molecule has 0 spiro atoms. The van der Waals surface area contributed by atoms with Crippen LogP contribution in [0.1, 0.15) is 46.7 Å². The van der Waals surface area contributed by atoms with Crippen molar-refractivity contribution in [3.8, 4) is 28.7 Å². The third-order valence-electron chi connectivity index (χ3n) is 8.58. The van der Waals surface area contributed by atoms with Crippen LogP contribution >= 0.6 is 11.6 Å². The van der Waals surface area contributed by atoms with E-state index in [1.807, 2.05) is 30.3 Å². The molecule has 5 rings (SSSR count). The fourth-order valence-electron chi connectivity index (χ4n) is 6.07. The zero-order chi connectivity index (χ0) is 33.9. The molecule has 250 valence electrons. The highest BCUT2D eigenvalue weighted by atomic mass is 35.5. The Bertz CT molecular complexity index is 1770. The molecule has 2 N–H and O–H groups in total. The summed E-state index contributed by atoms with van der Waals surface area (Å²) in [6.45, 7) is 8.63. The number of benzene rings is 4. The third-order valence-corrected chi connectivity index (χ3v) is 8.87. The predicted molar refractivity (Wildman–Crippen MR) is 191 cm³/mol. The SMILES string of the molecule is COCCCN1CCc2c(-c3cccc(COc4cc(OCc5cccc(C#N)c5)c(CNCCNC(C)=O)cc4Cl)c3C)cccc21. The first kappa shape index (κ1) is 34.8. The lowest BCUT2D eigenvalue weighted by Gasteiger charge is -2.20. The van der Waals surface area contributed by atoms with Gasteiger partial charge in [0.25, 0.3) is 0 Å². The number of nitrogens with zero attached hydrogens (tertiary/aromatic N) is 2. The van der Waals surface area contributed by atoms with Gasteiger partial charge in [-0.3, -0.25) is 4.79 Å². The molecule has 1 aliphatic rings. The van der Waals surface area contributed by atoms with Crippen LogP contribution < -0.4 is 25.0 Å². The van der Waals surface area contributed by atoms with E-state index >= 15 is 0 Å². The lowest BCUT2D eigenvalue weighted by Crippen LogP contribution is -2.30. The number of anilines is 1. The maximum absolute atomic E-state index is 11.2. The number of nitrogens with one attached hydrogen (secondary N) is 2. The number of methoxy groups -OCH3 is 1. The van der Waals surface area contributed by atoms with Crippen LogP contribution in [-0.4, -0.2) is 45.8 Å². The van der Waals surface area contributed by atoms with Crippen molar-refractivity contribution in [3.05, 3.63) is 111 Å². The normalized spacial score (nSPS) is 12.0. The van der Waals surface area contributed by atoms with Gasteiger partial charge in [-0.1, -0.05) is 54.1 Å². The highest BCUT2D eigenvalue weighted by molar-refractivity contribution is 6.32. The van der Waals surface area contributed by atoms with E-state index in [0.717, 1.165) is 49.2 Å². The second-order valence-electron chi connectivity index (χ2n) is 11.9. The molecule has 0 aromatic heterocycles. The highest BCUT2D eigenvalue weighted by Crippen LogP contribution is 2.39. The minimum Gasteiger partial charge on any atom is -0.488 e. The fourth-order valence-corrected chi connectivity index (χ4v) is 6.31. The van der Waals surface area contributed by atoms with E-state index in [1.165, 1.54) is 34.9 Å². The summed E-state index contributed by atoms with van der Waals surface area (Å²) in [6.07, 6.45) is 2.03. The second-order valence-corrected chi connectivity index (χ2v) is 12.3. The Morgan fingerprint density at radius 1 is 0.958 bits per heavy atom. The first-order chi connectivity index (χ1) is 23.4. The summed E-state index contributed by atoms with van der Waals surface area (Å²) < 4.78 is 17.9. The molecule has 0 saturated heterocycles. The monoisotopic (exact) mass is 666 g/mol. The molecule has 8 nitrogen and oxygen atoms in total. The zero-order valence-corrected chi connectivity index (χ0v) is 28.7. The topological polar surface area (TPSA) is 95.8 Å². The van der Waals surface area contributed by atoms with E-state index in [2.05, 4.69) is 64.9 Å². The van der Waals surface area contributed by atoms with Crippen molar-refractivity contribution in [2.45, 2.75) is 46.4 Å². The number of hydrogen-bond donors (Lipinski definition) is 2. The van der Waals surface area contributed by atoms with Gasteiger partial charge in [0.2, 0.25) is 5.91 Å². The van der Waals surface area contributed by atoms with Gasteiger partial charge in [0.1, 0.15) is 24.7 Å². The average Bonchev–Trinajstić information content (AvgIpc) is 3.51. The molecule has 0 aliphatic carbocycles. The minimum absolute atomic E-state index is 0.0706. The molecule has 1 amide bonds. The van der Waals surface area contributed by atoms with Crippen LogP contribution in [0.4, 0.5) is 5.69 Å².